The zero-order valence-electron chi connectivity index (χ0n) is 18.2. The second-order valence-electron chi connectivity index (χ2n) is 8.14. The molecule has 1 aromatic rings. The minimum atomic E-state index is -0.901. The van der Waals surface area contributed by atoms with Gasteiger partial charge in [-0.2, -0.15) is 0 Å². The molecule has 31 heavy (non-hydrogen) atoms. The Balaban J connectivity index is 2.20. The van der Waals surface area contributed by atoms with Crippen LogP contribution in [0.15, 0.2) is 42.5 Å². The minimum absolute atomic E-state index is 0.242. The van der Waals surface area contributed by atoms with Crippen LogP contribution in [0.4, 0.5) is 0 Å². The molecule has 1 heterocycles. The molecule has 8 heteroatoms. The first-order valence-corrected chi connectivity index (χ1v) is 10.5. The van der Waals surface area contributed by atoms with E-state index in [-0.39, 0.29) is 18.7 Å². The predicted molar refractivity (Wildman–Crippen MR) is 118 cm³/mol. The van der Waals surface area contributed by atoms with Crippen molar-refractivity contribution in [3.8, 4) is 0 Å². The Kier molecular flexibility index (Phi) is 8.93. The Bertz CT molecular complexity index is 809. The van der Waals surface area contributed by atoms with Gasteiger partial charge in [0.25, 0.3) is 0 Å². The highest BCUT2D eigenvalue weighted by Crippen LogP contribution is 2.18. The fourth-order valence-corrected chi connectivity index (χ4v) is 3.59. The monoisotopic (exact) mass is 428 g/mol. The number of likely N-dealkylation sites (tertiary alicyclic amines) is 1. The smallest absolute Gasteiger partial charge is 0.246 e. The largest absolute Gasteiger partial charge is 0.343 e. The number of carbonyl (C=O) groups excluding carboxylic acids is 4. The van der Waals surface area contributed by atoms with Crippen molar-refractivity contribution in [2.45, 2.75) is 63.7 Å². The molecule has 4 N–H and O–H groups in total. The molecule has 0 spiro atoms. The molecule has 4 atom stereocenters. The van der Waals surface area contributed by atoms with E-state index in [4.69, 9.17) is 5.73 Å². The second kappa shape index (κ2) is 11.4. The summed E-state index contributed by atoms with van der Waals surface area (Å²) in [6.07, 6.45) is 2.62. The van der Waals surface area contributed by atoms with Gasteiger partial charge in [-0.3, -0.25) is 14.4 Å². The Morgan fingerprint density at radius 1 is 1.19 bits per heavy atom. The zero-order valence-corrected chi connectivity index (χ0v) is 18.2. The molecule has 1 fully saturated rings. The van der Waals surface area contributed by atoms with Crippen molar-refractivity contribution < 1.29 is 19.2 Å². The maximum atomic E-state index is 13.1. The molecule has 2 rings (SSSR count). The molecule has 1 aliphatic rings. The number of hydrogen-bond acceptors (Lipinski definition) is 5. The standard InChI is InChI=1S/C23H32N4O4/c1-15(2)12-20(23(31)27-11-7-10-18(27)14-28)26-22(30)19(25-21(29)16(3)24)13-17-8-5-4-6-9-17/h4-6,8-9,14,16,18-20H,1,7,10-13,24H2,2-3H3,(H,25,29)(H,26,30)/t16-,18-,19+,20-/m0/s1. The molecule has 0 aliphatic carbocycles. The van der Waals surface area contributed by atoms with E-state index in [1.54, 1.807) is 6.92 Å². The highest BCUT2D eigenvalue weighted by molar-refractivity contribution is 5.94. The van der Waals surface area contributed by atoms with E-state index in [1.807, 2.05) is 30.3 Å². The third-order valence-electron chi connectivity index (χ3n) is 5.24. The summed E-state index contributed by atoms with van der Waals surface area (Å²) in [6, 6.07) is 6.24. The molecule has 168 valence electrons. The van der Waals surface area contributed by atoms with E-state index in [1.165, 1.54) is 11.8 Å². The van der Waals surface area contributed by atoms with Gasteiger partial charge >= 0.3 is 0 Å². The maximum Gasteiger partial charge on any atom is 0.246 e. The van der Waals surface area contributed by atoms with Gasteiger partial charge in [-0.1, -0.05) is 35.9 Å². The summed E-state index contributed by atoms with van der Waals surface area (Å²) in [5.74, 6) is -1.26. The number of carbonyl (C=O) groups is 4. The first kappa shape index (κ1) is 24.3. The molecule has 8 nitrogen and oxygen atoms in total. The van der Waals surface area contributed by atoms with Crippen LogP contribution in [0.3, 0.4) is 0 Å². The Labute approximate surface area is 183 Å². The number of nitrogens with zero attached hydrogens (tertiary/aromatic N) is 1. The summed E-state index contributed by atoms with van der Waals surface area (Å²) in [5.41, 5.74) is 7.24. The van der Waals surface area contributed by atoms with Crippen LogP contribution in [-0.4, -0.2) is 59.6 Å². The molecule has 1 saturated heterocycles. The molecule has 0 aromatic heterocycles. The molecule has 1 aliphatic heterocycles. The van der Waals surface area contributed by atoms with Gasteiger partial charge in [-0.25, -0.2) is 0 Å². The number of aldehydes is 1. The van der Waals surface area contributed by atoms with Crippen LogP contribution in [0.5, 0.6) is 0 Å². The van der Waals surface area contributed by atoms with Crippen LogP contribution in [0.25, 0.3) is 0 Å². The fraction of sp³-hybridized carbons (Fsp3) is 0.478. The van der Waals surface area contributed by atoms with Crippen molar-refractivity contribution in [2.75, 3.05) is 6.54 Å². The lowest BCUT2D eigenvalue weighted by Gasteiger charge is -2.28. The first-order valence-electron chi connectivity index (χ1n) is 10.5. The lowest BCUT2D eigenvalue weighted by Crippen LogP contribution is -2.57. The van der Waals surface area contributed by atoms with Crippen molar-refractivity contribution in [2.24, 2.45) is 5.73 Å². The third kappa shape index (κ3) is 7.03. The number of nitrogens with two attached hydrogens (primary N) is 1. The van der Waals surface area contributed by atoms with Gasteiger partial charge in [0, 0.05) is 13.0 Å². The molecule has 0 unspecified atom stereocenters. The predicted octanol–water partition coefficient (Wildman–Crippen LogP) is 0.702. The molecule has 1 aromatic carbocycles. The average molecular weight is 429 g/mol. The number of rotatable bonds is 10. The normalized spacial score (nSPS) is 18.5. The van der Waals surface area contributed by atoms with Crippen LogP contribution < -0.4 is 16.4 Å². The van der Waals surface area contributed by atoms with Crippen molar-refractivity contribution in [3.63, 3.8) is 0 Å². The van der Waals surface area contributed by atoms with Gasteiger partial charge in [0.05, 0.1) is 12.1 Å². The van der Waals surface area contributed by atoms with Gasteiger partial charge in [-0.05, 0) is 38.7 Å². The van der Waals surface area contributed by atoms with E-state index in [0.717, 1.165) is 23.8 Å². The van der Waals surface area contributed by atoms with Crippen molar-refractivity contribution in [1.82, 2.24) is 15.5 Å². The number of nitrogens with one attached hydrogen (secondary N) is 2. The van der Waals surface area contributed by atoms with Crippen LogP contribution in [0.2, 0.25) is 0 Å². The zero-order chi connectivity index (χ0) is 23.0. The van der Waals surface area contributed by atoms with Crippen molar-refractivity contribution in [3.05, 3.63) is 48.0 Å². The first-order chi connectivity index (χ1) is 14.7. The SMILES string of the molecule is C=C(C)C[C@H](NC(=O)[C@@H](Cc1ccccc1)NC(=O)[C@H](C)N)C(=O)N1CCC[C@H]1C=O. The lowest BCUT2D eigenvalue weighted by molar-refractivity contribution is -0.139. The average Bonchev–Trinajstić information content (AvgIpc) is 3.21. The number of amides is 3. The van der Waals surface area contributed by atoms with E-state index in [0.29, 0.717) is 13.0 Å². The Morgan fingerprint density at radius 2 is 1.84 bits per heavy atom. The molecular weight excluding hydrogens is 396 g/mol. The third-order valence-corrected chi connectivity index (χ3v) is 5.24. The summed E-state index contributed by atoms with van der Waals surface area (Å²) >= 11 is 0. The summed E-state index contributed by atoms with van der Waals surface area (Å²) in [4.78, 5) is 51.3. The van der Waals surface area contributed by atoms with Crippen molar-refractivity contribution >= 4 is 24.0 Å². The molecular formula is C23H32N4O4. The Morgan fingerprint density at radius 3 is 2.42 bits per heavy atom. The fourth-order valence-electron chi connectivity index (χ4n) is 3.59. The number of benzene rings is 1. The minimum Gasteiger partial charge on any atom is -0.343 e. The van der Waals surface area contributed by atoms with Crippen molar-refractivity contribution in [1.29, 1.82) is 0 Å². The van der Waals surface area contributed by atoms with Crippen LogP contribution in [0, 0.1) is 0 Å². The Hall–Kier alpha value is -3.00. The molecule has 0 bridgehead atoms. The quantitative estimate of drug-likeness (QED) is 0.374. The molecule has 0 saturated carbocycles. The van der Waals surface area contributed by atoms with Crippen LogP contribution in [-0.2, 0) is 25.6 Å². The second-order valence-corrected chi connectivity index (χ2v) is 8.14. The summed E-state index contributed by atoms with van der Waals surface area (Å²) < 4.78 is 0. The highest BCUT2D eigenvalue weighted by Gasteiger charge is 2.35. The summed E-state index contributed by atoms with van der Waals surface area (Å²) in [7, 11) is 0. The van der Waals surface area contributed by atoms with Gasteiger partial charge in [0.2, 0.25) is 17.7 Å². The maximum absolute atomic E-state index is 13.1. The lowest BCUT2D eigenvalue weighted by atomic mass is 10.0. The summed E-state index contributed by atoms with van der Waals surface area (Å²) in [6.45, 7) is 7.63. The molecule has 0 radical (unpaired) electrons. The van der Waals surface area contributed by atoms with Crippen LogP contribution in [0.1, 0.15) is 38.7 Å². The highest BCUT2D eigenvalue weighted by atomic mass is 16.2. The van der Waals surface area contributed by atoms with E-state index in [2.05, 4.69) is 17.2 Å². The van der Waals surface area contributed by atoms with Crippen LogP contribution >= 0.6 is 0 Å². The van der Waals surface area contributed by atoms with Gasteiger partial charge in [0.1, 0.15) is 18.4 Å². The topological polar surface area (TPSA) is 122 Å². The van der Waals surface area contributed by atoms with Gasteiger partial charge in [-0.15, -0.1) is 6.58 Å². The van der Waals surface area contributed by atoms with E-state index >= 15 is 0 Å². The van der Waals surface area contributed by atoms with Gasteiger partial charge in [0.15, 0.2) is 0 Å². The molecule has 3 amide bonds. The van der Waals surface area contributed by atoms with Gasteiger partial charge < -0.3 is 26.1 Å². The summed E-state index contributed by atoms with van der Waals surface area (Å²) in [5, 5.41) is 5.44. The number of hydrogen-bond donors (Lipinski definition) is 3. The van der Waals surface area contributed by atoms with E-state index < -0.39 is 36.0 Å². The van der Waals surface area contributed by atoms with E-state index in [9.17, 15) is 19.2 Å².